The van der Waals surface area contributed by atoms with Gasteiger partial charge >= 0.3 is 0 Å². The Balaban J connectivity index is 1.50. The zero-order valence-electron chi connectivity index (χ0n) is 13.4. The third kappa shape index (κ3) is 2.20. The fraction of sp³-hybridized carbons (Fsp3) is 0.150. The summed E-state index contributed by atoms with van der Waals surface area (Å²) in [4.78, 5) is 25.5. The number of aromatic amines is 1. The summed E-state index contributed by atoms with van der Waals surface area (Å²) in [7, 11) is 0. The third-order valence-corrected chi connectivity index (χ3v) is 4.85. The van der Waals surface area contributed by atoms with E-state index in [-0.39, 0.29) is 11.7 Å². The molecular formula is C20H15N3O2. The predicted molar refractivity (Wildman–Crippen MR) is 93.8 cm³/mol. The van der Waals surface area contributed by atoms with Gasteiger partial charge in [0.25, 0.3) is 5.91 Å². The van der Waals surface area contributed by atoms with E-state index in [1.165, 1.54) is 0 Å². The lowest BCUT2D eigenvalue weighted by molar-refractivity contribution is 0.0998. The first kappa shape index (κ1) is 14.2. The van der Waals surface area contributed by atoms with Crippen LogP contribution in [0.2, 0.25) is 0 Å². The minimum absolute atomic E-state index is 0.1000. The highest BCUT2D eigenvalue weighted by Crippen LogP contribution is 2.40. The van der Waals surface area contributed by atoms with Crippen molar-refractivity contribution >= 4 is 17.5 Å². The first-order valence-corrected chi connectivity index (χ1v) is 8.36. The number of carbonyl (C=O) groups is 2. The van der Waals surface area contributed by atoms with Crippen molar-refractivity contribution in [3.63, 3.8) is 0 Å². The molecule has 5 nitrogen and oxygen atoms in total. The van der Waals surface area contributed by atoms with Gasteiger partial charge in [-0.2, -0.15) is 5.10 Å². The molecular weight excluding hydrogens is 314 g/mol. The maximum atomic E-state index is 12.8. The Morgan fingerprint density at radius 3 is 2.60 bits per heavy atom. The number of H-pyrrole nitrogens is 1. The first-order chi connectivity index (χ1) is 12.2. The molecule has 0 aliphatic heterocycles. The van der Waals surface area contributed by atoms with Gasteiger partial charge in [0, 0.05) is 28.8 Å². The number of benzene rings is 2. The summed E-state index contributed by atoms with van der Waals surface area (Å²) in [5.74, 6) is 0.617. The Kier molecular flexibility index (Phi) is 2.91. The number of aromatic nitrogens is 2. The molecule has 0 spiro atoms. The van der Waals surface area contributed by atoms with Crippen molar-refractivity contribution < 1.29 is 9.59 Å². The van der Waals surface area contributed by atoms with E-state index >= 15 is 0 Å². The van der Waals surface area contributed by atoms with Gasteiger partial charge in [-0.3, -0.25) is 14.7 Å². The van der Waals surface area contributed by atoms with Gasteiger partial charge in [-0.05, 0) is 30.0 Å². The van der Waals surface area contributed by atoms with Crippen molar-refractivity contribution in [3.8, 4) is 11.1 Å². The van der Waals surface area contributed by atoms with E-state index in [1.54, 1.807) is 12.1 Å². The Hall–Kier alpha value is -3.21. The summed E-state index contributed by atoms with van der Waals surface area (Å²) in [5, 5.41) is 9.93. The molecule has 0 unspecified atom stereocenters. The van der Waals surface area contributed by atoms with Crippen LogP contribution in [0.25, 0.3) is 11.1 Å². The van der Waals surface area contributed by atoms with Gasteiger partial charge in [0.05, 0.1) is 5.56 Å². The van der Waals surface area contributed by atoms with Crippen LogP contribution < -0.4 is 5.32 Å². The lowest BCUT2D eigenvalue weighted by Crippen LogP contribution is -2.16. The number of fused-ring (bicyclic) bond motifs is 3. The van der Waals surface area contributed by atoms with Crippen LogP contribution in [0.1, 0.15) is 50.7 Å². The number of hydrogen-bond acceptors (Lipinski definition) is 3. The summed E-state index contributed by atoms with van der Waals surface area (Å²) in [6, 6.07) is 14.7. The average Bonchev–Trinajstić information content (AvgIpc) is 3.32. The second-order valence-corrected chi connectivity index (χ2v) is 6.54. The van der Waals surface area contributed by atoms with Gasteiger partial charge in [-0.25, -0.2) is 0 Å². The SMILES string of the molecule is O=C(Nc1cc(C2CC2)[nH]n1)c1cccc2c1C(=O)c1ccccc1-2. The van der Waals surface area contributed by atoms with Crippen LogP contribution in [0.4, 0.5) is 5.82 Å². The Bertz CT molecular complexity index is 1030. The van der Waals surface area contributed by atoms with Crippen LogP contribution in [0.15, 0.2) is 48.5 Å². The maximum Gasteiger partial charge on any atom is 0.257 e. The summed E-state index contributed by atoms with van der Waals surface area (Å²) < 4.78 is 0. The van der Waals surface area contributed by atoms with Crippen molar-refractivity contribution in [2.24, 2.45) is 0 Å². The quantitative estimate of drug-likeness (QED) is 0.601. The van der Waals surface area contributed by atoms with Crippen LogP contribution in [0.3, 0.4) is 0 Å². The smallest absolute Gasteiger partial charge is 0.257 e. The summed E-state index contributed by atoms with van der Waals surface area (Å²) in [6.07, 6.45) is 2.32. The van der Waals surface area contributed by atoms with E-state index in [0.717, 1.165) is 29.7 Å². The Labute approximate surface area is 144 Å². The van der Waals surface area contributed by atoms with Gasteiger partial charge in [0.2, 0.25) is 0 Å². The molecule has 0 saturated heterocycles. The number of amides is 1. The maximum absolute atomic E-state index is 12.8. The Morgan fingerprint density at radius 1 is 1.04 bits per heavy atom. The molecule has 1 fully saturated rings. The van der Waals surface area contributed by atoms with Crippen molar-refractivity contribution in [1.82, 2.24) is 10.2 Å². The molecule has 0 atom stereocenters. The third-order valence-electron chi connectivity index (χ3n) is 4.85. The highest BCUT2D eigenvalue weighted by Gasteiger charge is 2.31. The second kappa shape index (κ2) is 5.14. The van der Waals surface area contributed by atoms with Crippen LogP contribution in [-0.4, -0.2) is 21.9 Å². The number of carbonyl (C=O) groups excluding carboxylic acids is 2. The molecule has 2 aliphatic rings. The molecule has 2 aromatic carbocycles. The van der Waals surface area contributed by atoms with Crippen LogP contribution in [0.5, 0.6) is 0 Å². The van der Waals surface area contributed by atoms with Gasteiger partial charge in [-0.15, -0.1) is 0 Å². The number of rotatable bonds is 3. The number of nitrogens with zero attached hydrogens (tertiary/aromatic N) is 1. The van der Waals surface area contributed by atoms with E-state index in [9.17, 15) is 9.59 Å². The average molecular weight is 329 g/mol. The fourth-order valence-corrected chi connectivity index (χ4v) is 3.45. The predicted octanol–water partition coefficient (Wildman–Crippen LogP) is 3.75. The number of nitrogens with one attached hydrogen (secondary N) is 2. The van der Waals surface area contributed by atoms with Crippen molar-refractivity contribution in [1.29, 1.82) is 0 Å². The molecule has 0 bridgehead atoms. The zero-order valence-corrected chi connectivity index (χ0v) is 13.4. The lowest BCUT2D eigenvalue weighted by atomic mass is 10.0. The highest BCUT2D eigenvalue weighted by atomic mass is 16.2. The van der Waals surface area contributed by atoms with Gasteiger partial charge in [0.1, 0.15) is 0 Å². The minimum Gasteiger partial charge on any atom is -0.305 e. The molecule has 5 heteroatoms. The summed E-state index contributed by atoms with van der Waals surface area (Å²) in [6.45, 7) is 0. The summed E-state index contributed by atoms with van der Waals surface area (Å²) >= 11 is 0. The number of ketones is 1. The summed E-state index contributed by atoms with van der Waals surface area (Å²) in [5.41, 5.74) is 4.25. The Morgan fingerprint density at radius 2 is 1.80 bits per heavy atom. The molecule has 2 aliphatic carbocycles. The second-order valence-electron chi connectivity index (χ2n) is 6.54. The molecule has 5 rings (SSSR count). The van der Waals surface area contributed by atoms with Crippen molar-refractivity contribution in [2.45, 2.75) is 18.8 Å². The van der Waals surface area contributed by atoms with Gasteiger partial charge in [0.15, 0.2) is 11.6 Å². The van der Waals surface area contributed by atoms with Crippen molar-refractivity contribution in [3.05, 3.63) is 70.9 Å². The van der Waals surface area contributed by atoms with E-state index < -0.39 is 0 Å². The van der Waals surface area contributed by atoms with E-state index in [4.69, 9.17) is 0 Å². The molecule has 0 radical (unpaired) electrons. The molecule has 1 amide bonds. The fourth-order valence-electron chi connectivity index (χ4n) is 3.45. The normalized spacial score (nSPS) is 15.0. The number of hydrogen-bond donors (Lipinski definition) is 2. The van der Waals surface area contributed by atoms with Crippen molar-refractivity contribution in [2.75, 3.05) is 5.32 Å². The standard InChI is InChI=1S/C20H15N3O2/c24-19-14-5-2-1-4-12(14)13-6-3-7-15(18(13)19)20(25)21-17-10-16(22-23-17)11-8-9-11/h1-7,10-11H,8-9H2,(H2,21,22,23,25). The highest BCUT2D eigenvalue weighted by molar-refractivity contribution is 6.26. The molecule has 2 N–H and O–H groups in total. The zero-order chi connectivity index (χ0) is 17.0. The topological polar surface area (TPSA) is 74.8 Å². The largest absolute Gasteiger partial charge is 0.305 e. The lowest BCUT2D eigenvalue weighted by Gasteiger charge is -2.07. The van der Waals surface area contributed by atoms with Gasteiger partial charge < -0.3 is 5.32 Å². The molecule has 25 heavy (non-hydrogen) atoms. The number of anilines is 1. The first-order valence-electron chi connectivity index (χ1n) is 8.36. The van der Waals surface area contributed by atoms with Crippen LogP contribution in [0, 0.1) is 0 Å². The molecule has 1 saturated carbocycles. The van der Waals surface area contributed by atoms with Crippen LogP contribution >= 0.6 is 0 Å². The van der Waals surface area contributed by atoms with Gasteiger partial charge in [-0.1, -0.05) is 36.4 Å². The molecule has 1 heterocycles. The minimum atomic E-state index is -0.313. The van der Waals surface area contributed by atoms with E-state index in [2.05, 4.69) is 15.5 Å². The van der Waals surface area contributed by atoms with Crippen LogP contribution in [-0.2, 0) is 0 Å². The molecule has 122 valence electrons. The van der Waals surface area contributed by atoms with E-state index in [1.807, 2.05) is 36.4 Å². The molecule has 3 aromatic rings. The molecule has 1 aromatic heterocycles. The van der Waals surface area contributed by atoms with E-state index in [0.29, 0.717) is 28.4 Å². The monoisotopic (exact) mass is 329 g/mol.